The van der Waals surface area contributed by atoms with Crippen molar-refractivity contribution in [1.29, 1.82) is 0 Å². The van der Waals surface area contributed by atoms with E-state index in [1.807, 2.05) is 0 Å². The van der Waals surface area contributed by atoms with Crippen molar-refractivity contribution in [3.05, 3.63) is 35.7 Å². The SMILES string of the molecule is NS(=O)(=O)c1ccc2nc(NC(=O)C3CCCN3S(=O)(=O)c3cccs3)sc2c1. The summed E-state index contributed by atoms with van der Waals surface area (Å²) in [5.74, 6) is -0.464. The van der Waals surface area contributed by atoms with Gasteiger partial charge in [0.05, 0.1) is 15.1 Å². The second-order valence-electron chi connectivity index (χ2n) is 6.39. The predicted molar refractivity (Wildman–Crippen MR) is 111 cm³/mol. The van der Waals surface area contributed by atoms with Crippen molar-refractivity contribution < 1.29 is 21.6 Å². The zero-order valence-corrected chi connectivity index (χ0v) is 18.1. The van der Waals surface area contributed by atoms with E-state index in [0.717, 1.165) is 22.7 Å². The molecule has 0 saturated carbocycles. The van der Waals surface area contributed by atoms with Crippen LogP contribution in [0.5, 0.6) is 0 Å². The van der Waals surface area contributed by atoms with Crippen LogP contribution in [0.1, 0.15) is 12.8 Å². The van der Waals surface area contributed by atoms with Gasteiger partial charge >= 0.3 is 0 Å². The summed E-state index contributed by atoms with van der Waals surface area (Å²) in [4.78, 5) is 17.0. The van der Waals surface area contributed by atoms with Crippen molar-refractivity contribution in [2.75, 3.05) is 11.9 Å². The zero-order valence-electron chi connectivity index (χ0n) is 14.8. The Kier molecular flexibility index (Phi) is 5.21. The van der Waals surface area contributed by atoms with Crippen molar-refractivity contribution >= 4 is 64.0 Å². The maximum Gasteiger partial charge on any atom is 0.253 e. The number of rotatable bonds is 5. The van der Waals surface area contributed by atoms with E-state index in [2.05, 4.69) is 10.3 Å². The van der Waals surface area contributed by atoms with Gasteiger partial charge in [-0.15, -0.1) is 11.3 Å². The molecule has 1 aliphatic heterocycles. The first-order chi connectivity index (χ1) is 13.7. The summed E-state index contributed by atoms with van der Waals surface area (Å²) in [6.07, 6.45) is 0.997. The second kappa shape index (κ2) is 7.41. The van der Waals surface area contributed by atoms with Gasteiger partial charge in [0.2, 0.25) is 15.9 Å². The van der Waals surface area contributed by atoms with Gasteiger partial charge in [-0.2, -0.15) is 4.31 Å². The Morgan fingerprint density at radius 3 is 2.72 bits per heavy atom. The lowest BCUT2D eigenvalue weighted by molar-refractivity contribution is -0.119. The molecule has 154 valence electrons. The van der Waals surface area contributed by atoms with Crippen molar-refractivity contribution in [3.63, 3.8) is 0 Å². The molecule has 1 saturated heterocycles. The molecule has 0 radical (unpaired) electrons. The van der Waals surface area contributed by atoms with Gasteiger partial charge in [0, 0.05) is 6.54 Å². The van der Waals surface area contributed by atoms with E-state index >= 15 is 0 Å². The van der Waals surface area contributed by atoms with Gasteiger partial charge in [-0.1, -0.05) is 17.4 Å². The summed E-state index contributed by atoms with van der Waals surface area (Å²) in [5.41, 5.74) is 0.507. The topological polar surface area (TPSA) is 140 Å². The Balaban J connectivity index is 1.57. The number of sulfonamides is 2. The van der Waals surface area contributed by atoms with Gasteiger partial charge < -0.3 is 5.32 Å². The first-order valence-electron chi connectivity index (χ1n) is 8.46. The summed E-state index contributed by atoms with van der Waals surface area (Å²) in [7, 11) is -7.58. The molecule has 1 amide bonds. The minimum Gasteiger partial charge on any atom is -0.301 e. The number of thiophene rings is 1. The van der Waals surface area contributed by atoms with Crippen LogP contribution in [0, 0.1) is 0 Å². The van der Waals surface area contributed by atoms with E-state index in [1.54, 1.807) is 11.4 Å². The van der Waals surface area contributed by atoms with Crippen LogP contribution in [0.4, 0.5) is 5.13 Å². The molecule has 1 unspecified atom stereocenters. The fraction of sp³-hybridized carbons (Fsp3) is 0.250. The number of carbonyl (C=O) groups excluding carboxylic acids is 1. The molecule has 3 heterocycles. The molecule has 13 heteroatoms. The summed E-state index contributed by atoms with van der Waals surface area (Å²) >= 11 is 2.20. The Hall–Kier alpha value is -1.90. The molecule has 1 atom stereocenters. The number of nitrogens with one attached hydrogen (secondary N) is 1. The van der Waals surface area contributed by atoms with Crippen molar-refractivity contribution in [2.45, 2.75) is 28.0 Å². The number of anilines is 1. The van der Waals surface area contributed by atoms with Crippen LogP contribution in [0.25, 0.3) is 10.2 Å². The lowest BCUT2D eigenvalue weighted by Gasteiger charge is -2.22. The third-order valence-corrected chi connectivity index (χ3v) is 9.61. The zero-order chi connectivity index (χ0) is 20.8. The molecule has 9 nitrogen and oxygen atoms in total. The summed E-state index contributed by atoms with van der Waals surface area (Å²) < 4.78 is 50.6. The standard InChI is InChI=1S/C16H16N4O5S4/c17-28(22,23)10-5-6-11-13(9-10)27-16(18-11)19-15(21)12-3-1-7-20(12)29(24,25)14-4-2-8-26-14/h2,4-6,8-9,12H,1,3,7H2,(H2,17,22,23)(H,18,19,21). The van der Waals surface area contributed by atoms with Gasteiger partial charge in [0.25, 0.3) is 10.0 Å². The number of primary sulfonamides is 1. The van der Waals surface area contributed by atoms with Crippen molar-refractivity contribution in [2.24, 2.45) is 5.14 Å². The van der Waals surface area contributed by atoms with Crippen molar-refractivity contribution in [3.8, 4) is 0 Å². The van der Waals surface area contributed by atoms with Crippen LogP contribution in [0.15, 0.2) is 44.8 Å². The summed E-state index contributed by atoms with van der Waals surface area (Å²) in [6, 6.07) is 6.58. The van der Waals surface area contributed by atoms with Crippen molar-refractivity contribution in [1.82, 2.24) is 9.29 Å². The fourth-order valence-electron chi connectivity index (χ4n) is 3.14. The van der Waals surface area contributed by atoms with Gasteiger partial charge in [-0.05, 0) is 42.5 Å². The maximum atomic E-state index is 12.8. The first-order valence-corrected chi connectivity index (χ1v) is 13.1. The molecular weight excluding hydrogens is 456 g/mol. The van der Waals surface area contributed by atoms with Gasteiger partial charge in [-0.25, -0.2) is 27.0 Å². The number of aromatic nitrogens is 1. The molecule has 0 aliphatic carbocycles. The minimum atomic E-state index is -3.85. The average molecular weight is 473 g/mol. The van der Waals surface area contributed by atoms with Crippen LogP contribution >= 0.6 is 22.7 Å². The first kappa shape index (κ1) is 20.4. The third kappa shape index (κ3) is 3.93. The highest BCUT2D eigenvalue weighted by molar-refractivity contribution is 7.91. The van der Waals surface area contributed by atoms with Gasteiger partial charge in [0.1, 0.15) is 10.3 Å². The Morgan fingerprint density at radius 2 is 2.03 bits per heavy atom. The molecular formula is C16H16N4O5S4. The molecule has 2 aromatic heterocycles. The molecule has 3 N–H and O–H groups in total. The molecule has 0 spiro atoms. The van der Waals surface area contributed by atoms with Crippen LogP contribution < -0.4 is 10.5 Å². The molecule has 0 bridgehead atoms. The normalized spacial score (nSPS) is 18.3. The lowest BCUT2D eigenvalue weighted by Crippen LogP contribution is -2.42. The van der Waals surface area contributed by atoms with E-state index in [1.165, 1.54) is 28.6 Å². The van der Waals surface area contributed by atoms with Crippen LogP contribution in [0.3, 0.4) is 0 Å². The number of fused-ring (bicyclic) bond motifs is 1. The van der Waals surface area contributed by atoms with Gasteiger partial charge in [0.15, 0.2) is 5.13 Å². The third-order valence-electron chi connectivity index (χ3n) is 4.48. The molecule has 1 fully saturated rings. The predicted octanol–water partition coefficient (Wildman–Crippen LogP) is 1.80. The summed E-state index contributed by atoms with van der Waals surface area (Å²) in [6.45, 7) is 0.274. The lowest BCUT2D eigenvalue weighted by atomic mass is 10.2. The highest BCUT2D eigenvalue weighted by Crippen LogP contribution is 2.31. The minimum absolute atomic E-state index is 0.0458. The highest BCUT2D eigenvalue weighted by Gasteiger charge is 2.40. The summed E-state index contributed by atoms with van der Waals surface area (Å²) in [5, 5.41) is 9.74. The quantitative estimate of drug-likeness (QED) is 0.580. The van der Waals surface area contributed by atoms with Crippen LogP contribution in [-0.2, 0) is 24.8 Å². The number of nitrogens with zero attached hydrogens (tertiary/aromatic N) is 2. The number of carbonyl (C=O) groups is 1. The monoisotopic (exact) mass is 472 g/mol. The van der Waals surface area contributed by atoms with E-state index < -0.39 is 32.0 Å². The number of amides is 1. The molecule has 29 heavy (non-hydrogen) atoms. The molecule has 1 aliphatic rings. The van der Waals surface area contributed by atoms with E-state index in [0.29, 0.717) is 23.1 Å². The van der Waals surface area contributed by atoms with E-state index in [4.69, 9.17) is 5.14 Å². The smallest absolute Gasteiger partial charge is 0.253 e. The molecule has 4 rings (SSSR count). The van der Waals surface area contributed by atoms with E-state index in [-0.39, 0.29) is 20.8 Å². The van der Waals surface area contributed by atoms with E-state index in [9.17, 15) is 21.6 Å². The van der Waals surface area contributed by atoms with Crippen LogP contribution in [-0.4, -0.2) is 44.6 Å². The second-order valence-corrected chi connectivity index (χ2v) is 12.0. The Bertz CT molecular complexity index is 1280. The van der Waals surface area contributed by atoms with Crippen LogP contribution in [0.2, 0.25) is 0 Å². The maximum absolute atomic E-state index is 12.8. The highest BCUT2D eigenvalue weighted by atomic mass is 32.2. The number of hydrogen-bond acceptors (Lipinski definition) is 8. The number of hydrogen-bond donors (Lipinski definition) is 2. The Morgan fingerprint density at radius 1 is 1.24 bits per heavy atom. The number of benzene rings is 1. The number of nitrogens with two attached hydrogens (primary N) is 1. The number of thiazole rings is 1. The van der Waals surface area contributed by atoms with Gasteiger partial charge in [-0.3, -0.25) is 4.79 Å². The average Bonchev–Trinajstić information content (AvgIpc) is 3.39. The Labute approximate surface area is 175 Å². The largest absolute Gasteiger partial charge is 0.301 e. The molecule has 3 aromatic rings. The fourth-order valence-corrected chi connectivity index (χ4v) is 7.44. The molecule has 1 aromatic carbocycles.